The molecule has 1 rings (SSSR count). The van der Waals surface area contributed by atoms with Crippen molar-refractivity contribution >= 4 is 0 Å². The third kappa shape index (κ3) is 3.25. The lowest BCUT2D eigenvalue weighted by molar-refractivity contribution is 0.170. The number of likely N-dealkylation sites (N-methyl/N-ethyl adjacent to an activating group) is 2. The average molecular weight is 186 g/mol. The summed E-state index contributed by atoms with van der Waals surface area (Å²) in [6.07, 6.45) is 2.77. The van der Waals surface area contributed by atoms with Crippen LogP contribution in [0.15, 0.2) is 0 Å². The van der Waals surface area contributed by atoms with E-state index in [1.54, 1.807) is 0 Å². The Morgan fingerprint density at radius 3 is 2.54 bits per heavy atom. The molecule has 0 radical (unpaired) electrons. The first-order chi connectivity index (χ1) is 6.19. The van der Waals surface area contributed by atoms with Crippen LogP contribution in [-0.2, 0) is 0 Å². The van der Waals surface area contributed by atoms with E-state index in [0.717, 1.165) is 12.5 Å². The minimum Gasteiger partial charge on any atom is -0.395 e. The van der Waals surface area contributed by atoms with Crippen molar-refractivity contribution in [3.05, 3.63) is 0 Å². The second kappa shape index (κ2) is 4.94. The van der Waals surface area contributed by atoms with Gasteiger partial charge in [0, 0.05) is 18.6 Å². The molecule has 3 nitrogen and oxygen atoms in total. The summed E-state index contributed by atoms with van der Waals surface area (Å²) >= 11 is 0. The van der Waals surface area contributed by atoms with Crippen molar-refractivity contribution in [3.63, 3.8) is 0 Å². The van der Waals surface area contributed by atoms with Gasteiger partial charge in [-0.2, -0.15) is 0 Å². The van der Waals surface area contributed by atoms with Crippen LogP contribution in [0.1, 0.15) is 19.8 Å². The van der Waals surface area contributed by atoms with Gasteiger partial charge in [0.1, 0.15) is 0 Å². The van der Waals surface area contributed by atoms with Crippen LogP contribution in [0.3, 0.4) is 0 Å². The Balaban J connectivity index is 2.25. The SMILES string of the molecule is CNC(CO)CN(C)C(C)C1CC1. The zero-order valence-electron chi connectivity index (χ0n) is 8.95. The van der Waals surface area contributed by atoms with Crippen LogP contribution in [0.25, 0.3) is 0 Å². The fourth-order valence-corrected chi connectivity index (χ4v) is 1.69. The summed E-state index contributed by atoms with van der Waals surface area (Å²) in [5.41, 5.74) is 0. The van der Waals surface area contributed by atoms with Crippen molar-refractivity contribution in [2.75, 3.05) is 27.2 Å². The zero-order chi connectivity index (χ0) is 9.84. The number of aliphatic hydroxyl groups is 1. The molecular weight excluding hydrogens is 164 g/mol. The maximum absolute atomic E-state index is 9.02. The smallest absolute Gasteiger partial charge is 0.0597 e. The molecule has 2 atom stereocenters. The fraction of sp³-hybridized carbons (Fsp3) is 1.00. The number of aliphatic hydroxyl groups excluding tert-OH is 1. The van der Waals surface area contributed by atoms with Crippen LogP contribution in [0.2, 0.25) is 0 Å². The quantitative estimate of drug-likeness (QED) is 0.626. The fourth-order valence-electron chi connectivity index (χ4n) is 1.69. The highest BCUT2D eigenvalue weighted by Crippen LogP contribution is 2.34. The lowest BCUT2D eigenvalue weighted by Gasteiger charge is -2.28. The predicted molar refractivity (Wildman–Crippen MR) is 54.7 cm³/mol. The Hall–Kier alpha value is -0.120. The van der Waals surface area contributed by atoms with Crippen molar-refractivity contribution in [1.82, 2.24) is 10.2 Å². The first kappa shape index (κ1) is 11.0. The molecule has 0 bridgehead atoms. The molecule has 0 spiro atoms. The molecule has 0 aromatic rings. The average Bonchev–Trinajstić information content (AvgIpc) is 2.95. The van der Waals surface area contributed by atoms with Gasteiger partial charge in [0.25, 0.3) is 0 Å². The molecule has 1 saturated carbocycles. The molecule has 3 heteroatoms. The van der Waals surface area contributed by atoms with Crippen LogP contribution >= 0.6 is 0 Å². The Kier molecular flexibility index (Phi) is 4.16. The van der Waals surface area contributed by atoms with E-state index in [9.17, 15) is 0 Å². The summed E-state index contributed by atoms with van der Waals surface area (Å²) in [5.74, 6) is 0.904. The number of nitrogens with zero attached hydrogens (tertiary/aromatic N) is 1. The molecule has 2 unspecified atom stereocenters. The van der Waals surface area contributed by atoms with Crippen LogP contribution in [0, 0.1) is 5.92 Å². The first-order valence-electron chi connectivity index (χ1n) is 5.17. The van der Waals surface area contributed by atoms with Crippen molar-refractivity contribution in [2.45, 2.75) is 31.8 Å². The monoisotopic (exact) mass is 186 g/mol. The summed E-state index contributed by atoms with van der Waals surface area (Å²) < 4.78 is 0. The lowest BCUT2D eigenvalue weighted by atomic mass is 10.1. The van der Waals surface area contributed by atoms with Gasteiger partial charge in [-0.3, -0.25) is 0 Å². The van der Waals surface area contributed by atoms with Gasteiger partial charge in [0.15, 0.2) is 0 Å². The Labute approximate surface area is 81.1 Å². The molecular formula is C10H22N2O. The molecule has 0 aromatic carbocycles. The van der Waals surface area contributed by atoms with Crippen molar-refractivity contribution in [3.8, 4) is 0 Å². The minimum atomic E-state index is 0.214. The normalized spacial score (nSPS) is 21.9. The van der Waals surface area contributed by atoms with Gasteiger partial charge in [0.05, 0.1) is 6.61 Å². The molecule has 0 heterocycles. The van der Waals surface area contributed by atoms with Gasteiger partial charge in [0.2, 0.25) is 0 Å². The molecule has 0 aromatic heterocycles. The van der Waals surface area contributed by atoms with E-state index in [2.05, 4.69) is 24.2 Å². The highest BCUT2D eigenvalue weighted by atomic mass is 16.3. The minimum absolute atomic E-state index is 0.214. The first-order valence-corrected chi connectivity index (χ1v) is 5.17. The van der Waals surface area contributed by atoms with E-state index in [1.165, 1.54) is 12.8 Å². The molecule has 1 aliphatic carbocycles. The third-order valence-corrected chi connectivity index (χ3v) is 3.14. The number of hydrogen-bond donors (Lipinski definition) is 2. The van der Waals surface area contributed by atoms with Gasteiger partial charge in [-0.25, -0.2) is 0 Å². The molecule has 0 amide bonds. The van der Waals surface area contributed by atoms with E-state index in [-0.39, 0.29) is 12.6 Å². The molecule has 2 N–H and O–H groups in total. The Morgan fingerprint density at radius 2 is 2.15 bits per heavy atom. The summed E-state index contributed by atoms with van der Waals surface area (Å²) in [4.78, 5) is 2.34. The Bertz CT molecular complexity index is 144. The van der Waals surface area contributed by atoms with Gasteiger partial charge in [-0.05, 0) is 39.8 Å². The second-order valence-corrected chi connectivity index (χ2v) is 4.19. The largest absolute Gasteiger partial charge is 0.395 e. The second-order valence-electron chi connectivity index (χ2n) is 4.19. The van der Waals surface area contributed by atoms with Gasteiger partial charge >= 0.3 is 0 Å². The standard InChI is InChI=1S/C10H22N2O/c1-8(9-4-5-9)12(3)6-10(7-13)11-2/h8-11,13H,4-7H2,1-3H3. The van der Waals surface area contributed by atoms with Crippen LogP contribution < -0.4 is 5.32 Å². The molecule has 78 valence electrons. The Morgan fingerprint density at radius 1 is 1.54 bits per heavy atom. The van der Waals surface area contributed by atoms with E-state index >= 15 is 0 Å². The van der Waals surface area contributed by atoms with E-state index in [1.807, 2.05) is 7.05 Å². The summed E-state index contributed by atoms with van der Waals surface area (Å²) in [7, 11) is 4.04. The third-order valence-electron chi connectivity index (χ3n) is 3.14. The van der Waals surface area contributed by atoms with Crippen LogP contribution in [0.4, 0.5) is 0 Å². The van der Waals surface area contributed by atoms with Gasteiger partial charge in [-0.15, -0.1) is 0 Å². The highest BCUT2D eigenvalue weighted by Gasteiger charge is 2.30. The number of hydrogen-bond acceptors (Lipinski definition) is 3. The van der Waals surface area contributed by atoms with Crippen molar-refractivity contribution in [2.24, 2.45) is 5.92 Å². The van der Waals surface area contributed by atoms with E-state index in [4.69, 9.17) is 5.11 Å². The van der Waals surface area contributed by atoms with E-state index in [0.29, 0.717) is 6.04 Å². The number of nitrogens with one attached hydrogen (secondary N) is 1. The summed E-state index contributed by atoms with van der Waals surface area (Å²) in [6, 6.07) is 0.883. The van der Waals surface area contributed by atoms with E-state index < -0.39 is 0 Å². The van der Waals surface area contributed by atoms with Crippen molar-refractivity contribution < 1.29 is 5.11 Å². The topological polar surface area (TPSA) is 35.5 Å². The molecule has 1 aliphatic rings. The zero-order valence-corrected chi connectivity index (χ0v) is 8.95. The molecule has 0 aliphatic heterocycles. The summed E-state index contributed by atoms with van der Waals surface area (Å²) in [5, 5.41) is 12.1. The maximum Gasteiger partial charge on any atom is 0.0597 e. The van der Waals surface area contributed by atoms with Crippen LogP contribution in [-0.4, -0.2) is 49.3 Å². The lowest BCUT2D eigenvalue weighted by Crippen LogP contribution is -2.44. The molecule has 1 fully saturated rings. The molecule has 13 heavy (non-hydrogen) atoms. The summed E-state index contributed by atoms with van der Waals surface area (Å²) in [6.45, 7) is 3.44. The molecule has 0 saturated heterocycles. The van der Waals surface area contributed by atoms with Crippen molar-refractivity contribution in [1.29, 1.82) is 0 Å². The van der Waals surface area contributed by atoms with Gasteiger partial charge < -0.3 is 15.3 Å². The maximum atomic E-state index is 9.02. The predicted octanol–water partition coefficient (Wildman–Crippen LogP) is 0.297. The van der Waals surface area contributed by atoms with Gasteiger partial charge in [-0.1, -0.05) is 0 Å². The van der Waals surface area contributed by atoms with Crippen LogP contribution in [0.5, 0.6) is 0 Å². The highest BCUT2D eigenvalue weighted by molar-refractivity contribution is 4.85. The number of rotatable bonds is 6.